The lowest BCUT2D eigenvalue weighted by molar-refractivity contribution is -0.130. The number of amides is 1. The van der Waals surface area contributed by atoms with Crippen LogP contribution in [-0.4, -0.2) is 52.5 Å². The van der Waals surface area contributed by atoms with Gasteiger partial charge < -0.3 is 9.47 Å². The van der Waals surface area contributed by atoms with E-state index in [1.165, 1.54) is 12.1 Å². The van der Waals surface area contributed by atoms with Crippen molar-refractivity contribution in [3.8, 4) is 0 Å². The molecule has 1 aromatic heterocycles. The molecule has 2 unspecified atom stereocenters. The Balaban J connectivity index is 1.32. The van der Waals surface area contributed by atoms with Gasteiger partial charge in [-0.2, -0.15) is 0 Å². The minimum atomic E-state index is 0.116. The summed E-state index contributed by atoms with van der Waals surface area (Å²) in [7, 11) is 0. The quantitative estimate of drug-likeness (QED) is 0.705. The molecule has 2 aromatic rings. The molecule has 32 heavy (non-hydrogen) atoms. The van der Waals surface area contributed by atoms with Crippen LogP contribution in [0.1, 0.15) is 48.9 Å². The van der Waals surface area contributed by atoms with E-state index in [1.807, 2.05) is 52.0 Å². The van der Waals surface area contributed by atoms with E-state index in [2.05, 4.69) is 11.0 Å². The van der Waals surface area contributed by atoms with Crippen molar-refractivity contribution in [1.82, 2.24) is 14.4 Å². The largest absolute Gasteiger partial charge is 0.343 e. The van der Waals surface area contributed by atoms with Crippen LogP contribution in [0.4, 0.5) is 0 Å². The van der Waals surface area contributed by atoms with Gasteiger partial charge in [-0.3, -0.25) is 14.5 Å². The lowest BCUT2D eigenvalue weighted by atomic mass is 9.81. The Labute approximate surface area is 194 Å². The summed E-state index contributed by atoms with van der Waals surface area (Å²) < 4.78 is 2.02. The number of rotatable bonds is 3. The fraction of sp³-hybridized carbons (Fsp3) is 0.462. The van der Waals surface area contributed by atoms with Crippen molar-refractivity contribution >= 4 is 29.7 Å². The third kappa shape index (κ3) is 4.28. The molecule has 0 radical (unpaired) electrons. The summed E-state index contributed by atoms with van der Waals surface area (Å²) in [4.78, 5) is 29.5. The Morgan fingerprint density at radius 3 is 2.47 bits per heavy atom. The average molecular weight is 452 g/mol. The van der Waals surface area contributed by atoms with E-state index in [4.69, 9.17) is 11.6 Å². The van der Waals surface area contributed by atoms with Crippen LogP contribution in [0, 0.1) is 5.92 Å². The maximum atomic E-state index is 13.2. The highest BCUT2D eigenvalue weighted by Crippen LogP contribution is 2.37. The molecule has 2 saturated heterocycles. The Bertz CT molecular complexity index is 1080. The zero-order chi connectivity index (χ0) is 22.2. The van der Waals surface area contributed by atoms with Gasteiger partial charge in [-0.25, -0.2) is 0 Å². The van der Waals surface area contributed by atoms with Crippen molar-refractivity contribution in [2.75, 3.05) is 26.2 Å². The van der Waals surface area contributed by atoms with Gasteiger partial charge in [0.1, 0.15) is 0 Å². The van der Waals surface area contributed by atoms with E-state index in [1.54, 1.807) is 6.92 Å². The molecule has 2 atom stereocenters. The maximum absolute atomic E-state index is 13.2. The number of halogens is 1. The number of carbonyl (C=O) groups excluding carboxylic acids is 1. The fourth-order valence-electron chi connectivity index (χ4n) is 5.73. The first-order valence-electron chi connectivity index (χ1n) is 11.6. The van der Waals surface area contributed by atoms with E-state index in [9.17, 15) is 9.59 Å². The van der Waals surface area contributed by atoms with Gasteiger partial charge in [0.25, 0.3) is 5.56 Å². The smallest absolute Gasteiger partial charge is 0.258 e. The molecule has 0 saturated carbocycles. The van der Waals surface area contributed by atoms with Gasteiger partial charge in [0.15, 0.2) is 0 Å². The van der Waals surface area contributed by atoms with E-state index in [-0.39, 0.29) is 11.5 Å². The molecule has 2 fully saturated rings. The molecular weight excluding hydrogens is 422 g/mol. The fourth-order valence-corrected chi connectivity index (χ4v) is 5.86. The summed E-state index contributed by atoms with van der Waals surface area (Å²) in [6, 6.07) is 12.3. The number of benzene rings is 1. The summed E-state index contributed by atoms with van der Waals surface area (Å²) in [5.41, 5.74) is 3.06. The summed E-state index contributed by atoms with van der Waals surface area (Å²) >= 11 is 5.96. The lowest BCUT2D eigenvalue weighted by Gasteiger charge is -2.47. The van der Waals surface area contributed by atoms with Crippen molar-refractivity contribution in [3.05, 3.63) is 68.6 Å². The molecule has 1 amide bonds. The number of likely N-dealkylation sites (tertiary alicyclic amines) is 2. The molecule has 0 N–H and O–H groups in total. The highest BCUT2D eigenvalue weighted by Gasteiger charge is 2.38. The molecule has 5 nitrogen and oxygen atoms in total. The molecule has 5 rings (SSSR count). The minimum Gasteiger partial charge on any atom is -0.343 e. The summed E-state index contributed by atoms with van der Waals surface area (Å²) in [6.45, 7) is 6.27. The number of piperidine rings is 2. The molecule has 0 aliphatic carbocycles. The van der Waals surface area contributed by atoms with Crippen LogP contribution in [0.2, 0.25) is 5.02 Å². The molecule has 2 bridgehead atoms. The SMILES string of the molecule is CC(=O)N1CCC(N2CC3CC(C2)c2ccc(C=Cc4ccc(Cl)cc4)c(=O)n2C3)CC1. The van der Waals surface area contributed by atoms with Crippen LogP contribution in [0.3, 0.4) is 0 Å². The highest BCUT2D eigenvalue weighted by atomic mass is 35.5. The summed E-state index contributed by atoms with van der Waals surface area (Å²) in [5, 5.41) is 0.709. The highest BCUT2D eigenvalue weighted by molar-refractivity contribution is 6.30. The van der Waals surface area contributed by atoms with Crippen LogP contribution >= 0.6 is 11.6 Å². The Morgan fingerprint density at radius 1 is 1.00 bits per heavy atom. The molecule has 3 aliphatic rings. The normalized spacial score (nSPS) is 24.0. The first-order chi connectivity index (χ1) is 15.5. The predicted octanol–water partition coefficient (Wildman–Crippen LogP) is 4.10. The molecule has 6 heteroatoms. The number of hydrogen-bond acceptors (Lipinski definition) is 3. The molecule has 1 aromatic carbocycles. The van der Waals surface area contributed by atoms with E-state index < -0.39 is 0 Å². The third-order valence-electron chi connectivity index (χ3n) is 7.41. The Kier molecular flexibility index (Phi) is 5.95. The summed E-state index contributed by atoms with van der Waals surface area (Å²) in [5.74, 6) is 1.11. The monoisotopic (exact) mass is 451 g/mol. The van der Waals surface area contributed by atoms with Crippen LogP contribution in [0.5, 0.6) is 0 Å². The number of hydrogen-bond donors (Lipinski definition) is 0. The van der Waals surface area contributed by atoms with Crippen molar-refractivity contribution in [3.63, 3.8) is 0 Å². The van der Waals surface area contributed by atoms with Crippen LogP contribution in [0.25, 0.3) is 12.2 Å². The molecule has 168 valence electrons. The van der Waals surface area contributed by atoms with Gasteiger partial charge in [0.05, 0.1) is 0 Å². The first kappa shape index (κ1) is 21.5. The molecule has 3 aliphatic heterocycles. The topological polar surface area (TPSA) is 45.6 Å². The van der Waals surface area contributed by atoms with Crippen molar-refractivity contribution in [2.24, 2.45) is 5.92 Å². The molecule has 0 spiro atoms. The predicted molar refractivity (Wildman–Crippen MR) is 129 cm³/mol. The van der Waals surface area contributed by atoms with Crippen molar-refractivity contribution < 1.29 is 4.79 Å². The molecular formula is C26H30ClN3O2. The third-order valence-corrected chi connectivity index (χ3v) is 7.67. The van der Waals surface area contributed by atoms with Gasteiger partial charge >= 0.3 is 0 Å². The number of carbonyl (C=O) groups is 1. The second kappa shape index (κ2) is 8.87. The van der Waals surface area contributed by atoms with E-state index in [0.717, 1.165) is 56.7 Å². The van der Waals surface area contributed by atoms with E-state index in [0.29, 0.717) is 22.9 Å². The number of fused-ring (bicyclic) bond motifs is 4. The minimum absolute atomic E-state index is 0.116. The first-order valence-corrected chi connectivity index (χ1v) is 12.0. The van der Waals surface area contributed by atoms with Crippen LogP contribution in [0.15, 0.2) is 41.2 Å². The second-order valence-electron chi connectivity index (χ2n) is 9.50. The molecule has 4 heterocycles. The number of nitrogens with zero attached hydrogens (tertiary/aromatic N) is 3. The Morgan fingerprint density at radius 2 is 1.75 bits per heavy atom. The van der Waals surface area contributed by atoms with Gasteiger partial charge in [-0.15, -0.1) is 0 Å². The van der Waals surface area contributed by atoms with Crippen LogP contribution in [-0.2, 0) is 11.3 Å². The second-order valence-corrected chi connectivity index (χ2v) is 9.94. The number of pyridine rings is 1. The summed E-state index contributed by atoms with van der Waals surface area (Å²) in [6.07, 6.45) is 7.17. The maximum Gasteiger partial charge on any atom is 0.258 e. The van der Waals surface area contributed by atoms with E-state index >= 15 is 0 Å². The lowest BCUT2D eigenvalue weighted by Crippen LogP contribution is -2.53. The van der Waals surface area contributed by atoms with Crippen molar-refractivity contribution in [2.45, 2.75) is 44.7 Å². The zero-order valence-corrected chi connectivity index (χ0v) is 19.3. The standard InChI is InChI=1S/C26H30ClN3O2/c1-18(31)28-12-10-24(11-13-28)29-15-20-14-22(17-29)25-9-6-21(26(32)30(25)16-20)5-2-19-3-7-23(27)8-4-19/h2-9,20,22,24H,10-17H2,1H3. The van der Waals surface area contributed by atoms with Crippen molar-refractivity contribution in [1.29, 1.82) is 0 Å². The average Bonchev–Trinajstić information content (AvgIpc) is 2.80. The number of aromatic nitrogens is 1. The van der Waals surface area contributed by atoms with Gasteiger partial charge in [-0.1, -0.05) is 29.8 Å². The van der Waals surface area contributed by atoms with Gasteiger partial charge in [0.2, 0.25) is 5.91 Å². The van der Waals surface area contributed by atoms with Gasteiger partial charge in [-0.05, 0) is 61.1 Å². The van der Waals surface area contributed by atoms with Gasteiger partial charge in [0, 0.05) is 67.9 Å². The van der Waals surface area contributed by atoms with Crippen LogP contribution < -0.4 is 5.56 Å². The Hall–Kier alpha value is -2.37. The zero-order valence-electron chi connectivity index (χ0n) is 18.5.